The SMILES string of the molecule is CN1CCCN(C)[C@H](C(C)(C)C)C1. The van der Waals surface area contributed by atoms with Gasteiger partial charge in [0.15, 0.2) is 0 Å². The van der Waals surface area contributed by atoms with Crippen LogP contribution < -0.4 is 0 Å². The van der Waals surface area contributed by atoms with Crippen LogP contribution in [0.1, 0.15) is 27.2 Å². The Morgan fingerprint density at radius 2 is 1.69 bits per heavy atom. The molecule has 78 valence electrons. The highest BCUT2D eigenvalue weighted by Gasteiger charge is 2.30. The predicted octanol–water partition coefficient (Wildman–Crippen LogP) is 1.67. The van der Waals surface area contributed by atoms with Crippen LogP contribution >= 0.6 is 0 Å². The molecule has 1 heterocycles. The summed E-state index contributed by atoms with van der Waals surface area (Å²) in [7, 11) is 4.49. The number of hydrogen-bond donors (Lipinski definition) is 0. The van der Waals surface area contributed by atoms with Gasteiger partial charge < -0.3 is 9.80 Å². The highest BCUT2D eigenvalue weighted by molar-refractivity contribution is 4.85. The molecule has 0 aliphatic carbocycles. The fraction of sp³-hybridized carbons (Fsp3) is 1.00. The summed E-state index contributed by atoms with van der Waals surface area (Å²) < 4.78 is 0. The Hall–Kier alpha value is -0.0800. The zero-order valence-electron chi connectivity index (χ0n) is 9.80. The second kappa shape index (κ2) is 3.97. The monoisotopic (exact) mass is 184 g/mol. The second-order valence-corrected chi connectivity index (χ2v) is 5.48. The number of hydrogen-bond acceptors (Lipinski definition) is 2. The molecule has 1 fully saturated rings. The fourth-order valence-corrected chi connectivity index (χ4v) is 2.21. The van der Waals surface area contributed by atoms with E-state index in [1.54, 1.807) is 0 Å². The lowest BCUT2D eigenvalue weighted by atomic mass is 9.85. The van der Waals surface area contributed by atoms with Gasteiger partial charge in [0.25, 0.3) is 0 Å². The van der Waals surface area contributed by atoms with Gasteiger partial charge in [-0.3, -0.25) is 0 Å². The first kappa shape index (κ1) is 11.0. The van der Waals surface area contributed by atoms with Crippen molar-refractivity contribution in [1.29, 1.82) is 0 Å². The van der Waals surface area contributed by atoms with Crippen molar-refractivity contribution in [3.05, 3.63) is 0 Å². The quantitative estimate of drug-likeness (QED) is 0.565. The van der Waals surface area contributed by atoms with Crippen molar-refractivity contribution in [3.63, 3.8) is 0 Å². The molecule has 0 saturated carbocycles. The molecule has 0 radical (unpaired) electrons. The summed E-state index contributed by atoms with van der Waals surface area (Å²) >= 11 is 0. The summed E-state index contributed by atoms with van der Waals surface area (Å²) in [6, 6.07) is 0.694. The Kier molecular flexibility index (Phi) is 3.36. The van der Waals surface area contributed by atoms with Crippen LogP contribution in [0.4, 0.5) is 0 Å². The molecule has 0 bridgehead atoms. The Labute approximate surface area is 82.9 Å². The van der Waals surface area contributed by atoms with Crippen molar-refractivity contribution >= 4 is 0 Å². The first-order valence-corrected chi connectivity index (χ1v) is 5.30. The standard InChI is InChI=1S/C11H24N2/c1-11(2,3)10-9-12(4)7-6-8-13(10)5/h10H,6-9H2,1-5H3/t10-/m0/s1. The van der Waals surface area contributed by atoms with Crippen molar-refractivity contribution in [2.45, 2.75) is 33.2 Å². The van der Waals surface area contributed by atoms with Crippen LogP contribution in [-0.4, -0.2) is 49.6 Å². The molecule has 0 aromatic rings. The molecule has 1 rings (SSSR count). The van der Waals surface area contributed by atoms with Gasteiger partial charge in [0.05, 0.1) is 0 Å². The van der Waals surface area contributed by atoms with Crippen LogP contribution in [0.2, 0.25) is 0 Å². The van der Waals surface area contributed by atoms with Gasteiger partial charge in [0.2, 0.25) is 0 Å². The first-order valence-electron chi connectivity index (χ1n) is 5.30. The number of likely N-dealkylation sites (N-methyl/N-ethyl adjacent to an activating group) is 2. The molecule has 1 saturated heterocycles. The van der Waals surface area contributed by atoms with Gasteiger partial charge in [-0.1, -0.05) is 20.8 Å². The van der Waals surface area contributed by atoms with E-state index in [9.17, 15) is 0 Å². The minimum atomic E-state index is 0.396. The zero-order valence-corrected chi connectivity index (χ0v) is 9.80. The molecule has 0 amide bonds. The maximum absolute atomic E-state index is 2.52. The van der Waals surface area contributed by atoms with Crippen LogP contribution in [0.25, 0.3) is 0 Å². The predicted molar refractivity (Wildman–Crippen MR) is 58.0 cm³/mol. The average Bonchev–Trinajstić information content (AvgIpc) is 2.11. The molecule has 13 heavy (non-hydrogen) atoms. The molecular weight excluding hydrogens is 160 g/mol. The molecule has 1 atom stereocenters. The summed E-state index contributed by atoms with van der Waals surface area (Å²) in [5.41, 5.74) is 0.396. The van der Waals surface area contributed by atoms with Gasteiger partial charge in [-0.05, 0) is 39.0 Å². The largest absolute Gasteiger partial charge is 0.305 e. The maximum Gasteiger partial charge on any atom is 0.0268 e. The average molecular weight is 184 g/mol. The summed E-state index contributed by atoms with van der Waals surface area (Å²) in [5.74, 6) is 0. The lowest BCUT2D eigenvalue weighted by Gasteiger charge is -2.38. The fourth-order valence-electron chi connectivity index (χ4n) is 2.21. The molecule has 0 aromatic heterocycles. The van der Waals surface area contributed by atoms with Crippen molar-refractivity contribution in [2.24, 2.45) is 5.41 Å². The minimum absolute atomic E-state index is 0.396. The van der Waals surface area contributed by atoms with Crippen molar-refractivity contribution in [1.82, 2.24) is 9.80 Å². The highest BCUT2D eigenvalue weighted by Crippen LogP contribution is 2.25. The number of nitrogens with zero attached hydrogens (tertiary/aromatic N) is 2. The van der Waals surface area contributed by atoms with Gasteiger partial charge >= 0.3 is 0 Å². The van der Waals surface area contributed by atoms with E-state index in [1.165, 1.54) is 26.1 Å². The minimum Gasteiger partial charge on any atom is -0.305 e. The van der Waals surface area contributed by atoms with Crippen LogP contribution in [0, 0.1) is 5.41 Å². The maximum atomic E-state index is 2.52. The molecule has 2 nitrogen and oxygen atoms in total. The Morgan fingerprint density at radius 3 is 2.23 bits per heavy atom. The third kappa shape index (κ3) is 2.96. The van der Waals surface area contributed by atoms with Gasteiger partial charge in [-0.25, -0.2) is 0 Å². The lowest BCUT2D eigenvalue weighted by Crippen LogP contribution is -2.46. The van der Waals surface area contributed by atoms with Gasteiger partial charge in [-0.2, -0.15) is 0 Å². The van der Waals surface area contributed by atoms with E-state index in [1.807, 2.05) is 0 Å². The summed E-state index contributed by atoms with van der Waals surface area (Å²) in [5, 5.41) is 0. The third-order valence-corrected chi connectivity index (χ3v) is 3.07. The molecule has 0 spiro atoms. The van der Waals surface area contributed by atoms with E-state index >= 15 is 0 Å². The molecule has 1 aliphatic heterocycles. The van der Waals surface area contributed by atoms with Crippen molar-refractivity contribution in [3.8, 4) is 0 Å². The molecule has 0 aromatic carbocycles. The van der Waals surface area contributed by atoms with Gasteiger partial charge in [0.1, 0.15) is 0 Å². The smallest absolute Gasteiger partial charge is 0.0268 e. The zero-order chi connectivity index (χ0) is 10.1. The van der Waals surface area contributed by atoms with Crippen molar-refractivity contribution in [2.75, 3.05) is 33.7 Å². The van der Waals surface area contributed by atoms with Crippen molar-refractivity contribution < 1.29 is 0 Å². The summed E-state index contributed by atoms with van der Waals surface area (Å²) in [6.45, 7) is 10.7. The number of rotatable bonds is 0. The van der Waals surface area contributed by atoms with E-state index in [-0.39, 0.29) is 0 Å². The van der Waals surface area contributed by atoms with E-state index < -0.39 is 0 Å². The molecular formula is C11H24N2. The Bertz CT molecular complexity index is 160. The molecule has 0 unspecified atom stereocenters. The van der Waals surface area contributed by atoms with Crippen LogP contribution in [0.15, 0.2) is 0 Å². The summed E-state index contributed by atoms with van der Waals surface area (Å²) in [6.07, 6.45) is 1.31. The van der Waals surface area contributed by atoms with E-state index in [0.29, 0.717) is 11.5 Å². The lowest BCUT2D eigenvalue weighted by molar-refractivity contribution is 0.116. The van der Waals surface area contributed by atoms with Gasteiger partial charge in [0, 0.05) is 12.6 Å². The molecule has 2 heteroatoms. The Morgan fingerprint density at radius 1 is 1.08 bits per heavy atom. The van der Waals surface area contributed by atoms with E-state index in [2.05, 4.69) is 44.7 Å². The van der Waals surface area contributed by atoms with E-state index in [0.717, 1.165) is 0 Å². The normalized spacial score (nSPS) is 28.8. The highest BCUT2D eigenvalue weighted by atomic mass is 15.2. The summed E-state index contributed by atoms with van der Waals surface area (Å²) in [4.78, 5) is 4.98. The first-order chi connectivity index (χ1) is 5.91. The third-order valence-electron chi connectivity index (χ3n) is 3.07. The van der Waals surface area contributed by atoms with Gasteiger partial charge in [-0.15, -0.1) is 0 Å². The second-order valence-electron chi connectivity index (χ2n) is 5.48. The topological polar surface area (TPSA) is 6.48 Å². The molecule has 0 N–H and O–H groups in total. The van der Waals surface area contributed by atoms with E-state index in [4.69, 9.17) is 0 Å². The molecule has 1 aliphatic rings. The van der Waals surface area contributed by atoms with Crippen LogP contribution in [0.3, 0.4) is 0 Å². The van der Waals surface area contributed by atoms with Crippen LogP contribution in [-0.2, 0) is 0 Å². The Balaban J connectivity index is 2.67. The van der Waals surface area contributed by atoms with Crippen LogP contribution in [0.5, 0.6) is 0 Å².